The Hall–Kier alpha value is -1.35. The molecule has 2 aliphatic carbocycles. The normalized spacial score (nSPS) is 33.2. The first kappa shape index (κ1) is 21.4. The van der Waals surface area contributed by atoms with E-state index in [0.717, 1.165) is 6.42 Å². The number of carbonyl (C=O) groups is 1. The van der Waals surface area contributed by atoms with E-state index >= 15 is 0 Å². The van der Waals surface area contributed by atoms with Crippen LogP contribution in [-0.2, 0) is 9.53 Å². The zero-order chi connectivity index (χ0) is 20.5. The van der Waals surface area contributed by atoms with Crippen LogP contribution in [0.4, 0.5) is 0 Å². The number of hydrogen-bond acceptors (Lipinski definition) is 2. The van der Waals surface area contributed by atoms with Gasteiger partial charge in [-0.05, 0) is 42.1 Å². The van der Waals surface area contributed by atoms with Crippen LogP contribution in [0.5, 0.6) is 0 Å². The molecule has 1 aromatic carbocycles. The quantitative estimate of drug-likeness (QED) is 0.406. The molecule has 0 amide bonds. The number of ether oxygens (including phenoxy) is 1. The molecule has 0 unspecified atom stereocenters. The number of carbonyl (C=O) groups excluding carboxylic acids is 1. The van der Waals surface area contributed by atoms with Crippen molar-refractivity contribution in [3.63, 3.8) is 0 Å². The highest BCUT2D eigenvalue weighted by atomic mass is 28.3. The predicted octanol–water partition coefficient (Wildman–Crippen LogP) is 6.45. The fraction of sp³-hybridized carbons (Fsp3) is 0.640. The highest BCUT2D eigenvalue weighted by Gasteiger charge is 2.55. The Bertz CT molecular complexity index is 688. The van der Waals surface area contributed by atoms with Gasteiger partial charge in [-0.3, -0.25) is 4.79 Å². The lowest BCUT2D eigenvalue weighted by atomic mass is 9.75. The summed E-state index contributed by atoms with van der Waals surface area (Å²) in [7, 11) is -1.29. The van der Waals surface area contributed by atoms with Gasteiger partial charge in [-0.2, -0.15) is 0 Å². The third-order valence-electron chi connectivity index (χ3n) is 6.58. The van der Waals surface area contributed by atoms with Crippen LogP contribution in [0.2, 0.25) is 19.6 Å². The minimum absolute atomic E-state index is 0.0138. The van der Waals surface area contributed by atoms with Crippen LogP contribution < -0.4 is 0 Å². The number of esters is 1. The van der Waals surface area contributed by atoms with Crippen LogP contribution in [0, 0.1) is 29.6 Å². The molecule has 1 aromatic rings. The van der Waals surface area contributed by atoms with E-state index in [1.54, 1.807) is 0 Å². The Kier molecular flexibility index (Phi) is 6.53. The lowest BCUT2D eigenvalue weighted by Crippen LogP contribution is -2.36. The maximum absolute atomic E-state index is 13.2. The van der Waals surface area contributed by atoms with Gasteiger partial charge in [0.2, 0.25) is 0 Å². The van der Waals surface area contributed by atoms with Gasteiger partial charge in [0.1, 0.15) is 6.10 Å². The van der Waals surface area contributed by atoms with Crippen LogP contribution >= 0.6 is 0 Å². The number of allylic oxidation sites excluding steroid dienone is 1. The molecule has 154 valence electrons. The third kappa shape index (κ3) is 5.17. The highest BCUT2D eigenvalue weighted by molar-refractivity contribution is 6.80. The summed E-state index contributed by atoms with van der Waals surface area (Å²) < 4.78 is 6.21. The molecule has 0 radical (unpaired) electrons. The molecular formula is C25H38O2Si. The first-order chi connectivity index (χ1) is 13.2. The second kappa shape index (κ2) is 8.57. The van der Waals surface area contributed by atoms with Crippen LogP contribution in [0.25, 0.3) is 0 Å². The Morgan fingerprint density at radius 3 is 2.43 bits per heavy atom. The summed E-state index contributed by atoms with van der Waals surface area (Å²) in [5.41, 5.74) is 3.66. The first-order valence-corrected chi connectivity index (χ1v) is 14.7. The lowest BCUT2D eigenvalue weighted by molar-refractivity contribution is -0.157. The van der Waals surface area contributed by atoms with E-state index in [4.69, 9.17) is 4.74 Å². The molecule has 2 nitrogen and oxygen atoms in total. The summed E-state index contributed by atoms with van der Waals surface area (Å²) >= 11 is 0. The molecule has 0 N–H and O–H groups in total. The van der Waals surface area contributed by atoms with Gasteiger partial charge in [0.05, 0.1) is 14.0 Å². The minimum atomic E-state index is -1.29. The van der Waals surface area contributed by atoms with Crippen molar-refractivity contribution in [3.05, 3.63) is 47.7 Å². The van der Waals surface area contributed by atoms with Gasteiger partial charge >= 0.3 is 5.97 Å². The molecule has 2 saturated carbocycles. The molecule has 2 fully saturated rings. The van der Waals surface area contributed by atoms with E-state index in [1.807, 2.05) is 6.07 Å². The number of benzene rings is 1. The topological polar surface area (TPSA) is 26.3 Å². The van der Waals surface area contributed by atoms with Crippen molar-refractivity contribution in [1.82, 2.24) is 0 Å². The Morgan fingerprint density at radius 1 is 1.14 bits per heavy atom. The standard InChI is InChI=1S/C25H38O2Si/c1-17(2)20-13-12-18(3)16-22(20)27-25(26)24-21(14-15-28(4,5)6)23(24)19-10-8-7-9-11-19/h7-11,14-15,17-18,20-24H,12-13,16H2,1-6H3/b15-14+/t18-,20+,21+,22-,23+,24-/m1/s1. The molecule has 2 aliphatic rings. The Morgan fingerprint density at radius 2 is 1.82 bits per heavy atom. The number of hydrogen-bond donors (Lipinski definition) is 0. The largest absolute Gasteiger partial charge is 0.462 e. The van der Waals surface area contributed by atoms with Crippen LogP contribution in [0.15, 0.2) is 42.1 Å². The molecular weight excluding hydrogens is 360 g/mol. The summed E-state index contributed by atoms with van der Waals surface area (Å²) in [5, 5.41) is 0. The molecule has 3 rings (SSSR count). The first-order valence-electron chi connectivity index (χ1n) is 11.1. The Labute approximate surface area is 172 Å². The zero-order valence-corrected chi connectivity index (χ0v) is 19.5. The van der Waals surface area contributed by atoms with Crippen molar-refractivity contribution >= 4 is 14.0 Å². The van der Waals surface area contributed by atoms with Gasteiger partial charge in [-0.1, -0.05) is 88.9 Å². The summed E-state index contributed by atoms with van der Waals surface area (Å²) in [6, 6.07) is 10.5. The van der Waals surface area contributed by atoms with E-state index in [0.29, 0.717) is 23.7 Å². The van der Waals surface area contributed by atoms with Crippen molar-refractivity contribution in [3.8, 4) is 0 Å². The van der Waals surface area contributed by atoms with Crippen LogP contribution in [0.3, 0.4) is 0 Å². The lowest BCUT2D eigenvalue weighted by Gasteiger charge is -2.36. The van der Waals surface area contributed by atoms with Crippen molar-refractivity contribution < 1.29 is 9.53 Å². The summed E-state index contributed by atoms with van der Waals surface area (Å²) in [5.74, 6) is 2.31. The minimum Gasteiger partial charge on any atom is -0.462 e. The SMILES string of the molecule is CC(C)[C@@H]1CC[C@@H](C)C[C@H]1OC(=O)[C@@H]1[C@@H](/C=C/[Si](C)(C)C)[C@@H]1c1ccccc1. The fourth-order valence-electron chi connectivity index (χ4n) is 4.86. The molecule has 0 saturated heterocycles. The van der Waals surface area contributed by atoms with Crippen molar-refractivity contribution in [2.75, 3.05) is 0 Å². The average molecular weight is 399 g/mol. The monoisotopic (exact) mass is 398 g/mol. The van der Waals surface area contributed by atoms with Crippen molar-refractivity contribution in [2.45, 2.75) is 71.7 Å². The summed E-state index contributed by atoms with van der Waals surface area (Å²) in [4.78, 5) is 13.2. The Balaban J connectivity index is 1.75. The van der Waals surface area contributed by atoms with Gasteiger partial charge in [0.25, 0.3) is 0 Å². The van der Waals surface area contributed by atoms with E-state index in [1.165, 1.54) is 18.4 Å². The van der Waals surface area contributed by atoms with E-state index < -0.39 is 8.07 Å². The molecule has 0 aliphatic heterocycles. The molecule has 0 bridgehead atoms. The van der Waals surface area contributed by atoms with Gasteiger partial charge in [0, 0.05) is 5.92 Å². The van der Waals surface area contributed by atoms with Gasteiger partial charge in [-0.25, -0.2) is 0 Å². The zero-order valence-electron chi connectivity index (χ0n) is 18.5. The second-order valence-corrected chi connectivity index (χ2v) is 15.6. The van der Waals surface area contributed by atoms with Crippen molar-refractivity contribution in [1.29, 1.82) is 0 Å². The molecule has 0 aromatic heterocycles. The fourth-order valence-corrected chi connectivity index (χ4v) is 5.66. The molecule has 28 heavy (non-hydrogen) atoms. The van der Waals surface area contributed by atoms with Gasteiger partial charge in [-0.15, -0.1) is 0 Å². The molecule has 0 spiro atoms. The van der Waals surface area contributed by atoms with E-state index in [-0.39, 0.29) is 23.9 Å². The average Bonchev–Trinajstić information content (AvgIpc) is 3.34. The van der Waals surface area contributed by atoms with E-state index in [2.05, 4.69) is 76.5 Å². The van der Waals surface area contributed by atoms with E-state index in [9.17, 15) is 4.79 Å². The summed E-state index contributed by atoms with van der Waals surface area (Å²) in [6.07, 6.45) is 5.87. The molecule has 6 atom stereocenters. The van der Waals surface area contributed by atoms with Crippen molar-refractivity contribution in [2.24, 2.45) is 29.6 Å². The molecule has 0 heterocycles. The second-order valence-electron chi connectivity index (χ2n) is 10.6. The smallest absolute Gasteiger partial charge is 0.310 e. The maximum atomic E-state index is 13.2. The van der Waals surface area contributed by atoms with Crippen LogP contribution in [0.1, 0.15) is 51.5 Å². The number of rotatable bonds is 6. The molecule has 3 heteroatoms. The van der Waals surface area contributed by atoms with Gasteiger partial charge in [0.15, 0.2) is 0 Å². The summed E-state index contributed by atoms with van der Waals surface area (Å²) in [6.45, 7) is 13.9. The maximum Gasteiger partial charge on any atom is 0.310 e. The van der Waals surface area contributed by atoms with Crippen LogP contribution in [-0.4, -0.2) is 20.1 Å². The third-order valence-corrected chi connectivity index (χ3v) is 7.77. The predicted molar refractivity (Wildman–Crippen MR) is 120 cm³/mol. The van der Waals surface area contributed by atoms with Gasteiger partial charge < -0.3 is 4.74 Å². The highest BCUT2D eigenvalue weighted by Crippen LogP contribution is 2.56.